The number of carbonyl (C=O) groups excluding carboxylic acids is 2. The minimum Gasteiger partial charge on any atom is -0.466 e. The van der Waals surface area contributed by atoms with Crippen LogP contribution in [0.1, 0.15) is 11.1 Å². The quantitative estimate of drug-likeness (QED) is 0.517. The van der Waals surface area contributed by atoms with Crippen molar-refractivity contribution < 1.29 is 27.5 Å². The Hall–Kier alpha value is -3.17. The molecule has 1 aliphatic heterocycles. The van der Waals surface area contributed by atoms with Gasteiger partial charge in [-0.15, -0.1) is 0 Å². The number of sulfonamides is 1. The number of esters is 1. The summed E-state index contributed by atoms with van der Waals surface area (Å²) in [6.45, 7) is 1.90. The second-order valence-electron chi connectivity index (χ2n) is 6.66. The first kappa shape index (κ1) is 21.5. The van der Waals surface area contributed by atoms with Crippen LogP contribution in [0.5, 0.6) is 0 Å². The molecular weight excluding hydrogens is 408 g/mol. The molecule has 3 rings (SSSR count). The SMILES string of the molecule is COC(=O)/C=C/[C@H]1CN(C(=O)OCc2ccccc2)N1S(=O)(=O)c1ccc(C)cc1. The van der Waals surface area contributed by atoms with E-state index in [0.29, 0.717) is 0 Å². The highest BCUT2D eigenvalue weighted by Gasteiger charge is 2.48. The summed E-state index contributed by atoms with van der Waals surface area (Å²) in [6.07, 6.45) is 1.73. The number of nitrogens with zero attached hydrogens (tertiary/aromatic N) is 2. The molecule has 2 aromatic rings. The minimum atomic E-state index is -4.04. The van der Waals surface area contributed by atoms with Gasteiger partial charge in [0.1, 0.15) is 6.61 Å². The lowest BCUT2D eigenvalue weighted by Crippen LogP contribution is -2.67. The van der Waals surface area contributed by atoms with Gasteiger partial charge in [-0.05, 0) is 24.6 Å². The van der Waals surface area contributed by atoms with Crippen LogP contribution >= 0.6 is 0 Å². The van der Waals surface area contributed by atoms with Crippen LogP contribution in [-0.4, -0.2) is 49.6 Å². The van der Waals surface area contributed by atoms with E-state index in [1.807, 2.05) is 25.1 Å². The highest BCUT2D eigenvalue weighted by Crippen LogP contribution is 2.30. The number of hydrogen-bond acceptors (Lipinski definition) is 6. The van der Waals surface area contributed by atoms with Crippen LogP contribution in [0.3, 0.4) is 0 Å². The topological polar surface area (TPSA) is 93.2 Å². The first-order valence-electron chi connectivity index (χ1n) is 9.18. The van der Waals surface area contributed by atoms with Gasteiger partial charge in [0.15, 0.2) is 0 Å². The van der Waals surface area contributed by atoms with Crippen LogP contribution < -0.4 is 0 Å². The van der Waals surface area contributed by atoms with Gasteiger partial charge in [0, 0.05) is 6.08 Å². The van der Waals surface area contributed by atoms with Gasteiger partial charge in [-0.25, -0.2) is 23.0 Å². The Bertz CT molecular complexity index is 1030. The summed E-state index contributed by atoms with van der Waals surface area (Å²) in [6, 6.07) is 14.6. The first-order chi connectivity index (χ1) is 14.3. The summed E-state index contributed by atoms with van der Waals surface area (Å²) in [7, 11) is -2.82. The Kier molecular flexibility index (Phi) is 6.53. The van der Waals surface area contributed by atoms with Crippen LogP contribution in [0.4, 0.5) is 4.79 Å². The van der Waals surface area contributed by atoms with E-state index in [9.17, 15) is 18.0 Å². The Morgan fingerprint density at radius 2 is 1.77 bits per heavy atom. The van der Waals surface area contributed by atoms with E-state index in [-0.39, 0.29) is 18.0 Å². The van der Waals surface area contributed by atoms with Gasteiger partial charge in [0.2, 0.25) is 0 Å². The summed E-state index contributed by atoms with van der Waals surface area (Å²) in [4.78, 5) is 24.0. The number of carbonyl (C=O) groups is 2. The van der Waals surface area contributed by atoms with Crippen molar-refractivity contribution in [3.8, 4) is 0 Å². The van der Waals surface area contributed by atoms with Crippen molar-refractivity contribution in [1.29, 1.82) is 0 Å². The molecule has 0 spiro atoms. The Balaban J connectivity index is 1.81. The molecule has 1 heterocycles. The van der Waals surface area contributed by atoms with E-state index < -0.39 is 28.1 Å². The molecule has 9 heteroatoms. The number of aryl methyl sites for hydroxylation is 1. The van der Waals surface area contributed by atoms with E-state index in [2.05, 4.69) is 4.74 Å². The van der Waals surface area contributed by atoms with Gasteiger partial charge >= 0.3 is 12.1 Å². The van der Waals surface area contributed by atoms with Gasteiger partial charge in [0.05, 0.1) is 24.6 Å². The summed E-state index contributed by atoms with van der Waals surface area (Å²) in [5, 5.41) is 1.00. The summed E-state index contributed by atoms with van der Waals surface area (Å²) in [5.41, 5.74) is 1.68. The van der Waals surface area contributed by atoms with Crippen molar-refractivity contribution in [2.75, 3.05) is 13.7 Å². The zero-order chi connectivity index (χ0) is 21.7. The van der Waals surface area contributed by atoms with Gasteiger partial charge in [0.25, 0.3) is 10.0 Å². The zero-order valence-corrected chi connectivity index (χ0v) is 17.4. The van der Waals surface area contributed by atoms with E-state index in [0.717, 1.165) is 26.6 Å². The third-order valence-corrected chi connectivity index (χ3v) is 6.35. The molecule has 0 saturated carbocycles. The van der Waals surface area contributed by atoms with E-state index in [1.54, 1.807) is 24.3 Å². The third-order valence-electron chi connectivity index (χ3n) is 4.52. The van der Waals surface area contributed by atoms with Crippen molar-refractivity contribution >= 4 is 22.1 Å². The Morgan fingerprint density at radius 3 is 2.40 bits per heavy atom. The third kappa shape index (κ3) is 4.69. The summed E-state index contributed by atoms with van der Waals surface area (Å²) in [5.74, 6) is -0.618. The molecule has 0 N–H and O–H groups in total. The minimum absolute atomic E-state index is 0.0112. The molecule has 1 aliphatic rings. The Labute approximate surface area is 175 Å². The summed E-state index contributed by atoms with van der Waals surface area (Å²) < 4.78 is 37.1. The molecule has 1 fully saturated rings. The first-order valence-corrected chi connectivity index (χ1v) is 10.6. The maximum absolute atomic E-state index is 13.2. The summed E-state index contributed by atoms with van der Waals surface area (Å²) >= 11 is 0. The van der Waals surface area contributed by atoms with Crippen molar-refractivity contribution in [3.63, 3.8) is 0 Å². The number of methoxy groups -OCH3 is 1. The van der Waals surface area contributed by atoms with Crippen LogP contribution in [0.15, 0.2) is 71.6 Å². The molecule has 1 saturated heterocycles. The largest absolute Gasteiger partial charge is 0.466 e. The van der Waals surface area contributed by atoms with Crippen LogP contribution in [0.25, 0.3) is 0 Å². The monoisotopic (exact) mass is 430 g/mol. The maximum Gasteiger partial charge on any atom is 0.425 e. The molecule has 0 aliphatic carbocycles. The molecule has 30 heavy (non-hydrogen) atoms. The Morgan fingerprint density at radius 1 is 1.10 bits per heavy atom. The predicted molar refractivity (Wildman–Crippen MR) is 108 cm³/mol. The molecule has 1 atom stereocenters. The van der Waals surface area contributed by atoms with Crippen molar-refractivity contribution in [2.24, 2.45) is 0 Å². The van der Waals surface area contributed by atoms with Gasteiger partial charge in [-0.2, -0.15) is 0 Å². The lowest BCUT2D eigenvalue weighted by molar-refractivity contribution is -0.134. The highest BCUT2D eigenvalue weighted by molar-refractivity contribution is 7.89. The molecule has 0 bridgehead atoms. The molecule has 0 aromatic heterocycles. The fourth-order valence-corrected chi connectivity index (χ4v) is 4.46. The molecule has 1 amide bonds. The van der Waals surface area contributed by atoms with Gasteiger partial charge in [-0.3, -0.25) is 0 Å². The lowest BCUT2D eigenvalue weighted by Gasteiger charge is -2.46. The maximum atomic E-state index is 13.2. The predicted octanol–water partition coefficient (Wildman–Crippen LogP) is 2.65. The second-order valence-corrected chi connectivity index (χ2v) is 8.46. The van der Waals surface area contributed by atoms with Crippen LogP contribution in [-0.2, 0) is 30.9 Å². The molecule has 0 unspecified atom stereocenters. The van der Waals surface area contributed by atoms with Crippen molar-refractivity contribution in [1.82, 2.24) is 9.42 Å². The molecule has 158 valence electrons. The standard InChI is InChI=1S/C21H22N2O6S/c1-16-8-11-19(12-9-16)30(26,27)23-18(10-13-20(24)28-2)14-22(23)21(25)29-15-17-6-4-3-5-7-17/h3-13,18H,14-15H2,1-2H3/b13-10+/t18-/m0/s1. The number of hydrogen-bond donors (Lipinski definition) is 0. The molecule has 2 aromatic carbocycles. The second kappa shape index (κ2) is 9.10. The number of rotatable bonds is 6. The van der Waals surface area contributed by atoms with E-state index in [4.69, 9.17) is 4.74 Å². The molecule has 8 nitrogen and oxygen atoms in total. The smallest absolute Gasteiger partial charge is 0.425 e. The number of hydrazine groups is 1. The van der Waals surface area contributed by atoms with Gasteiger partial charge in [-0.1, -0.05) is 58.5 Å². The highest BCUT2D eigenvalue weighted by atomic mass is 32.2. The lowest BCUT2D eigenvalue weighted by atomic mass is 10.2. The number of ether oxygens (including phenoxy) is 2. The molecule has 0 radical (unpaired) electrons. The van der Waals surface area contributed by atoms with Crippen molar-refractivity contribution in [3.05, 3.63) is 77.9 Å². The van der Waals surface area contributed by atoms with E-state index >= 15 is 0 Å². The number of amides is 1. The average molecular weight is 430 g/mol. The van der Waals surface area contributed by atoms with Crippen molar-refractivity contribution in [2.45, 2.75) is 24.5 Å². The number of benzene rings is 2. The average Bonchev–Trinajstić information content (AvgIpc) is 2.72. The van der Waals surface area contributed by atoms with Crippen LogP contribution in [0, 0.1) is 6.92 Å². The fraction of sp³-hybridized carbons (Fsp3) is 0.238. The molecular formula is C21H22N2O6S. The van der Waals surface area contributed by atoms with Gasteiger partial charge < -0.3 is 9.47 Å². The van der Waals surface area contributed by atoms with E-state index in [1.165, 1.54) is 25.3 Å². The zero-order valence-electron chi connectivity index (χ0n) is 16.6. The van der Waals surface area contributed by atoms with Crippen LogP contribution in [0.2, 0.25) is 0 Å². The normalized spacial score (nSPS) is 16.9. The fourth-order valence-electron chi connectivity index (χ4n) is 2.88.